The molecule has 1 atom stereocenters. The molecule has 19 heavy (non-hydrogen) atoms. The van der Waals surface area contributed by atoms with E-state index in [0.29, 0.717) is 0 Å². The molecule has 0 aliphatic rings. The van der Waals surface area contributed by atoms with E-state index in [1.807, 2.05) is 0 Å². The van der Waals surface area contributed by atoms with Crippen LogP contribution in [0.3, 0.4) is 0 Å². The van der Waals surface area contributed by atoms with Crippen molar-refractivity contribution in [1.82, 2.24) is 10.3 Å². The van der Waals surface area contributed by atoms with Crippen molar-refractivity contribution in [2.75, 3.05) is 7.11 Å². The van der Waals surface area contributed by atoms with Crippen LogP contribution in [0.2, 0.25) is 0 Å². The molecule has 102 valence electrons. The number of amides is 1. The Labute approximate surface area is 116 Å². The first kappa shape index (κ1) is 15.0. The lowest BCUT2D eigenvalue weighted by Crippen LogP contribution is -2.39. The van der Waals surface area contributed by atoms with E-state index in [1.54, 1.807) is 0 Å². The number of nitro groups is 1. The Balaban J connectivity index is 2.96. The lowest BCUT2D eigenvalue weighted by atomic mass is 10.2. The van der Waals surface area contributed by atoms with Gasteiger partial charge in [-0.2, -0.15) is 0 Å². The summed E-state index contributed by atoms with van der Waals surface area (Å²) in [6.45, 7) is 1.44. The van der Waals surface area contributed by atoms with Gasteiger partial charge in [0.2, 0.25) is 0 Å². The fraction of sp³-hybridized carbons (Fsp3) is 0.300. The summed E-state index contributed by atoms with van der Waals surface area (Å²) in [4.78, 5) is 36.4. The minimum absolute atomic E-state index is 0.0115. The number of nitrogens with one attached hydrogen (secondary N) is 1. The van der Waals surface area contributed by atoms with Crippen molar-refractivity contribution in [3.8, 4) is 0 Å². The van der Waals surface area contributed by atoms with Crippen LogP contribution in [0.4, 0.5) is 5.82 Å². The summed E-state index contributed by atoms with van der Waals surface area (Å²) in [6, 6.07) is 0.153. The number of hydrogen-bond acceptors (Lipinski definition) is 6. The largest absolute Gasteiger partial charge is 0.467 e. The summed E-state index contributed by atoms with van der Waals surface area (Å²) >= 11 is 3.06. The number of halogens is 1. The van der Waals surface area contributed by atoms with Gasteiger partial charge < -0.3 is 20.2 Å². The highest BCUT2D eigenvalue weighted by molar-refractivity contribution is 9.10. The van der Waals surface area contributed by atoms with E-state index in [0.717, 1.165) is 12.3 Å². The number of aromatic nitrogens is 1. The van der Waals surface area contributed by atoms with E-state index >= 15 is 0 Å². The molecule has 1 heterocycles. The number of carbonyl (C=O) groups is 2. The van der Waals surface area contributed by atoms with Crippen molar-refractivity contribution < 1.29 is 19.2 Å². The minimum Gasteiger partial charge on any atom is -0.467 e. The third-order valence-electron chi connectivity index (χ3n) is 2.17. The van der Waals surface area contributed by atoms with Gasteiger partial charge in [-0.25, -0.2) is 4.79 Å². The molecule has 0 bridgehead atoms. The zero-order chi connectivity index (χ0) is 14.6. The van der Waals surface area contributed by atoms with Crippen LogP contribution in [0.5, 0.6) is 0 Å². The van der Waals surface area contributed by atoms with Crippen molar-refractivity contribution in [3.63, 3.8) is 0 Å². The first-order chi connectivity index (χ1) is 8.86. The molecule has 0 saturated carbocycles. The number of ether oxygens (including phenoxy) is 1. The number of esters is 1. The summed E-state index contributed by atoms with van der Waals surface area (Å²) in [7, 11) is 1.19. The number of rotatable bonds is 4. The first-order valence-electron chi connectivity index (χ1n) is 5.05. The standard InChI is InChI=1S/C10H10BrN3O5/c1-5(10(16)19-2)13-9(15)6-3-8(14(17)18)12-4-7(6)11/h3-5H,1-2H3,(H,13,15)/t5-/m0/s1. The molecule has 0 aromatic carbocycles. The van der Waals surface area contributed by atoms with Gasteiger partial charge in [-0.05, 0) is 32.8 Å². The second-order valence-corrected chi connectivity index (χ2v) is 4.35. The van der Waals surface area contributed by atoms with E-state index in [2.05, 4.69) is 31.0 Å². The summed E-state index contributed by atoms with van der Waals surface area (Å²) in [6.07, 6.45) is 1.15. The Bertz CT molecular complexity index is 534. The highest BCUT2D eigenvalue weighted by atomic mass is 79.9. The van der Waals surface area contributed by atoms with Gasteiger partial charge in [0.1, 0.15) is 6.04 Å². The van der Waals surface area contributed by atoms with Crippen LogP contribution in [0.1, 0.15) is 17.3 Å². The van der Waals surface area contributed by atoms with Gasteiger partial charge in [0.25, 0.3) is 5.91 Å². The van der Waals surface area contributed by atoms with Gasteiger partial charge in [-0.15, -0.1) is 0 Å². The third-order valence-corrected chi connectivity index (χ3v) is 2.81. The van der Waals surface area contributed by atoms with E-state index in [9.17, 15) is 19.7 Å². The van der Waals surface area contributed by atoms with E-state index in [4.69, 9.17) is 0 Å². The third kappa shape index (κ3) is 3.71. The quantitative estimate of drug-likeness (QED) is 0.501. The van der Waals surface area contributed by atoms with E-state index < -0.39 is 28.7 Å². The van der Waals surface area contributed by atoms with Crippen molar-refractivity contribution in [2.45, 2.75) is 13.0 Å². The molecular formula is C10H10BrN3O5. The Hall–Kier alpha value is -2.03. The first-order valence-corrected chi connectivity index (χ1v) is 5.84. The Morgan fingerprint density at radius 3 is 2.74 bits per heavy atom. The van der Waals surface area contributed by atoms with Gasteiger partial charge in [0.05, 0.1) is 17.1 Å². The Morgan fingerprint density at radius 1 is 1.58 bits per heavy atom. The summed E-state index contributed by atoms with van der Waals surface area (Å²) < 4.78 is 4.74. The number of carbonyl (C=O) groups excluding carboxylic acids is 2. The summed E-state index contributed by atoms with van der Waals surface area (Å²) in [5.74, 6) is -1.72. The molecule has 0 radical (unpaired) electrons. The SMILES string of the molecule is COC(=O)[C@H](C)NC(=O)c1cc([N+](=O)[O-])ncc1Br. The van der Waals surface area contributed by atoms with Crippen LogP contribution in [-0.4, -0.2) is 34.9 Å². The number of hydrogen-bond donors (Lipinski definition) is 1. The van der Waals surface area contributed by atoms with E-state index in [-0.39, 0.29) is 10.0 Å². The normalized spacial score (nSPS) is 11.5. The number of methoxy groups -OCH3 is 1. The predicted molar refractivity (Wildman–Crippen MR) is 67.5 cm³/mol. The minimum atomic E-state index is -0.864. The molecular weight excluding hydrogens is 322 g/mol. The molecule has 0 saturated heterocycles. The number of pyridine rings is 1. The molecule has 9 heteroatoms. The molecule has 1 aromatic heterocycles. The van der Waals surface area contributed by atoms with Gasteiger partial charge >= 0.3 is 11.8 Å². The van der Waals surface area contributed by atoms with Crippen molar-refractivity contribution in [2.24, 2.45) is 0 Å². The van der Waals surface area contributed by atoms with Crippen LogP contribution < -0.4 is 5.32 Å². The smallest absolute Gasteiger partial charge is 0.364 e. The second-order valence-electron chi connectivity index (χ2n) is 3.50. The summed E-state index contributed by atoms with van der Waals surface area (Å²) in [5.41, 5.74) is 0.0115. The van der Waals surface area contributed by atoms with E-state index in [1.165, 1.54) is 14.0 Å². The molecule has 0 fully saturated rings. The fourth-order valence-corrected chi connectivity index (χ4v) is 1.61. The van der Waals surface area contributed by atoms with Crippen molar-refractivity contribution in [1.29, 1.82) is 0 Å². The Kier molecular flexibility index (Phi) is 4.93. The predicted octanol–water partition coefficient (Wildman–Crippen LogP) is 1.04. The maximum absolute atomic E-state index is 11.9. The van der Waals surface area contributed by atoms with Crippen LogP contribution in [0.25, 0.3) is 0 Å². The van der Waals surface area contributed by atoms with Gasteiger partial charge in [-0.1, -0.05) is 0 Å². The molecule has 1 N–H and O–H groups in total. The fourth-order valence-electron chi connectivity index (χ4n) is 1.21. The van der Waals surface area contributed by atoms with Gasteiger partial charge in [0, 0.05) is 6.07 Å². The highest BCUT2D eigenvalue weighted by Crippen LogP contribution is 2.19. The molecule has 1 rings (SSSR count). The maximum Gasteiger partial charge on any atom is 0.364 e. The van der Waals surface area contributed by atoms with Crippen LogP contribution in [-0.2, 0) is 9.53 Å². The average molecular weight is 332 g/mol. The van der Waals surface area contributed by atoms with Crippen LogP contribution >= 0.6 is 15.9 Å². The molecule has 0 aliphatic carbocycles. The molecule has 8 nitrogen and oxygen atoms in total. The average Bonchev–Trinajstić information content (AvgIpc) is 2.37. The zero-order valence-corrected chi connectivity index (χ0v) is 11.6. The number of nitrogens with zero attached hydrogens (tertiary/aromatic N) is 2. The monoisotopic (exact) mass is 331 g/mol. The van der Waals surface area contributed by atoms with Crippen molar-refractivity contribution in [3.05, 3.63) is 32.4 Å². The topological polar surface area (TPSA) is 111 Å². The van der Waals surface area contributed by atoms with Crippen LogP contribution in [0.15, 0.2) is 16.7 Å². The van der Waals surface area contributed by atoms with Crippen molar-refractivity contribution >= 4 is 33.6 Å². The van der Waals surface area contributed by atoms with Crippen LogP contribution in [0, 0.1) is 10.1 Å². The second kappa shape index (κ2) is 6.23. The maximum atomic E-state index is 11.9. The highest BCUT2D eigenvalue weighted by Gasteiger charge is 2.21. The lowest BCUT2D eigenvalue weighted by molar-refractivity contribution is -0.389. The molecule has 1 aromatic rings. The zero-order valence-electron chi connectivity index (χ0n) is 10.0. The summed E-state index contributed by atoms with van der Waals surface area (Å²) in [5, 5.41) is 12.9. The molecule has 0 aliphatic heterocycles. The molecule has 1 amide bonds. The van der Waals surface area contributed by atoms with Gasteiger partial charge in [-0.3, -0.25) is 4.79 Å². The molecule has 0 spiro atoms. The molecule has 0 unspecified atom stereocenters. The van der Waals surface area contributed by atoms with Gasteiger partial charge in [0.15, 0.2) is 6.20 Å². The lowest BCUT2D eigenvalue weighted by Gasteiger charge is -2.11. The Morgan fingerprint density at radius 2 is 2.21 bits per heavy atom.